The van der Waals surface area contributed by atoms with Gasteiger partial charge < -0.3 is 4.74 Å². The topological polar surface area (TPSA) is 9.23 Å². The summed E-state index contributed by atoms with van der Waals surface area (Å²) in [5, 5.41) is 0.0430. The lowest BCUT2D eigenvalue weighted by atomic mass is 10.00. The van der Waals surface area contributed by atoms with Gasteiger partial charge in [0.2, 0.25) is 0 Å². The summed E-state index contributed by atoms with van der Waals surface area (Å²) in [6.07, 6.45) is 0.977. The summed E-state index contributed by atoms with van der Waals surface area (Å²) in [4.78, 5) is 0. The summed E-state index contributed by atoms with van der Waals surface area (Å²) >= 11 is 6.43. The van der Waals surface area contributed by atoms with Gasteiger partial charge >= 0.3 is 0 Å². The van der Waals surface area contributed by atoms with Gasteiger partial charge in [0, 0.05) is 5.56 Å². The molecule has 0 fully saturated rings. The van der Waals surface area contributed by atoms with E-state index in [1.165, 1.54) is 5.56 Å². The maximum Gasteiger partial charge on any atom is 0.123 e. The summed E-state index contributed by atoms with van der Waals surface area (Å²) in [5.41, 5.74) is 2.35. The maximum absolute atomic E-state index is 6.43. The number of ether oxygens (including phenoxy) is 1. The van der Waals surface area contributed by atoms with Crippen LogP contribution >= 0.6 is 11.6 Å². The van der Waals surface area contributed by atoms with Crippen LogP contribution in [0.3, 0.4) is 0 Å². The van der Waals surface area contributed by atoms with E-state index in [1.807, 2.05) is 13.0 Å². The molecule has 0 aromatic heterocycles. The van der Waals surface area contributed by atoms with Gasteiger partial charge in [-0.25, -0.2) is 0 Å². The lowest BCUT2D eigenvalue weighted by molar-refractivity contribution is 0.335. The van der Waals surface area contributed by atoms with Crippen LogP contribution in [-0.4, -0.2) is 6.61 Å². The third kappa shape index (κ3) is 3.71. The Kier molecular flexibility index (Phi) is 5.14. The van der Waals surface area contributed by atoms with Gasteiger partial charge in [0.1, 0.15) is 5.75 Å². The average Bonchev–Trinajstić information content (AvgIpc) is 2.20. The van der Waals surface area contributed by atoms with Crippen LogP contribution in [0.2, 0.25) is 0 Å². The van der Waals surface area contributed by atoms with Gasteiger partial charge in [-0.15, -0.1) is 11.6 Å². The Morgan fingerprint density at radius 2 is 2.00 bits per heavy atom. The van der Waals surface area contributed by atoms with Crippen molar-refractivity contribution in [3.63, 3.8) is 0 Å². The molecule has 0 radical (unpaired) electrons. The van der Waals surface area contributed by atoms with Crippen molar-refractivity contribution in [3.8, 4) is 5.75 Å². The highest BCUT2D eigenvalue weighted by Gasteiger charge is 2.15. The minimum atomic E-state index is 0.0430. The van der Waals surface area contributed by atoms with E-state index in [0.717, 1.165) is 17.7 Å². The lowest BCUT2D eigenvalue weighted by Crippen LogP contribution is -2.02. The Morgan fingerprint density at radius 3 is 2.56 bits per heavy atom. The molecule has 16 heavy (non-hydrogen) atoms. The summed E-state index contributed by atoms with van der Waals surface area (Å²) in [6, 6.07) is 6.21. The molecule has 0 aliphatic rings. The first-order valence-electron chi connectivity index (χ1n) is 5.92. The molecule has 1 rings (SSSR count). The predicted octanol–water partition coefficient (Wildman–Crippen LogP) is 4.72. The van der Waals surface area contributed by atoms with E-state index in [4.69, 9.17) is 16.3 Å². The molecule has 0 N–H and O–H groups in total. The second-order valence-electron chi connectivity index (χ2n) is 4.57. The highest BCUT2D eigenvalue weighted by atomic mass is 35.5. The summed E-state index contributed by atoms with van der Waals surface area (Å²) in [5.74, 6) is 1.52. The zero-order valence-electron chi connectivity index (χ0n) is 10.6. The first kappa shape index (κ1) is 13.4. The quantitative estimate of drug-likeness (QED) is 0.677. The highest BCUT2D eigenvalue weighted by molar-refractivity contribution is 6.21. The molecule has 1 aromatic carbocycles. The first-order chi connectivity index (χ1) is 7.54. The Labute approximate surface area is 104 Å². The van der Waals surface area contributed by atoms with Crippen molar-refractivity contribution in [2.75, 3.05) is 6.61 Å². The second-order valence-corrected chi connectivity index (χ2v) is 5.10. The number of benzene rings is 1. The lowest BCUT2D eigenvalue weighted by Gasteiger charge is -2.17. The van der Waals surface area contributed by atoms with Crippen molar-refractivity contribution in [2.45, 2.75) is 39.5 Å². The fourth-order valence-electron chi connectivity index (χ4n) is 1.74. The van der Waals surface area contributed by atoms with Crippen molar-refractivity contribution < 1.29 is 4.74 Å². The van der Waals surface area contributed by atoms with E-state index >= 15 is 0 Å². The van der Waals surface area contributed by atoms with Crippen molar-refractivity contribution in [1.29, 1.82) is 0 Å². The van der Waals surface area contributed by atoms with Gasteiger partial charge in [0.25, 0.3) is 0 Å². The van der Waals surface area contributed by atoms with E-state index in [9.17, 15) is 0 Å². The van der Waals surface area contributed by atoms with Gasteiger partial charge in [-0.05, 0) is 32.3 Å². The summed E-state index contributed by atoms with van der Waals surface area (Å²) in [6.45, 7) is 9.13. The second kappa shape index (κ2) is 6.15. The molecule has 90 valence electrons. The number of rotatable bonds is 5. The number of hydrogen-bond acceptors (Lipinski definition) is 1. The van der Waals surface area contributed by atoms with Crippen LogP contribution in [0.25, 0.3) is 0 Å². The van der Waals surface area contributed by atoms with E-state index in [1.54, 1.807) is 0 Å². The zero-order chi connectivity index (χ0) is 12.1. The molecule has 0 saturated heterocycles. The number of halogens is 1. The Balaban J connectivity index is 2.94. The molecule has 0 spiro atoms. The Bertz CT molecular complexity index is 334. The summed E-state index contributed by atoms with van der Waals surface area (Å²) < 4.78 is 5.61. The standard InChI is InChI=1S/C14H21ClO/c1-5-16-14-7-6-11(4)9-12(14)13(15)8-10(2)3/h6-7,9-10,13H,5,8H2,1-4H3. The van der Waals surface area contributed by atoms with E-state index in [2.05, 4.69) is 32.9 Å². The molecule has 1 aromatic rings. The normalized spacial score (nSPS) is 12.9. The van der Waals surface area contributed by atoms with E-state index < -0.39 is 0 Å². The van der Waals surface area contributed by atoms with Crippen LogP contribution in [0.5, 0.6) is 5.75 Å². The van der Waals surface area contributed by atoms with Gasteiger partial charge in [0.15, 0.2) is 0 Å². The van der Waals surface area contributed by atoms with E-state index in [-0.39, 0.29) is 5.38 Å². The van der Waals surface area contributed by atoms with Crippen LogP contribution < -0.4 is 4.74 Å². The highest BCUT2D eigenvalue weighted by Crippen LogP contribution is 2.34. The largest absolute Gasteiger partial charge is 0.494 e. The van der Waals surface area contributed by atoms with Crippen molar-refractivity contribution in [1.82, 2.24) is 0 Å². The molecule has 0 bridgehead atoms. The van der Waals surface area contributed by atoms with Crippen molar-refractivity contribution >= 4 is 11.6 Å². The SMILES string of the molecule is CCOc1ccc(C)cc1C(Cl)CC(C)C. The van der Waals surface area contributed by atoms with Crippen LogP contribution in [0.15, 0.2) is 18.2 Å². The third-order valence-corrected chi connectivity index (χ3v) is 2.89. The van der Waals surface area contributed by atoms with Crippen LogP contribution in [0, 0.1) is 12.8 Å². The minimum absolute atomic E-state index is 0.0430. The molecule has 0 amide bonds. The molecule has 0 saturated carbocycles. The molecule has 0 heterocycles. The molecular formula is C14H21ClO. The van der Waals surface area contributed by atoms with Crippen molar-refractivity contribution in [3.05, 3.63) is 29.3 Å². The fraction of sp³-hybridized carbons (Fsp3) is 0.571. The molecule has 1 atom stereocenters. The fourth-order valence-corrected chi connectivity index (χ4v) is 2.27. The summed E-state index contributed by atoms with van der Waals surface area (Å²) in [7, 11) is 0. The maximum atomic E-state index is 6.43. The van der Waals surface area contributed by atoms with Crippen LogP contribution in [0.4, 0.5) is 0 Å². The van der Waals surface area contributed by atoms with Crippen LogP contribution in [-0.2, 0) is 0 Å². The smallest absolute Gasteiger partial charge is 0.123 e. The average molecular weight is 241 g/mol. The monoisotopic (exact) mass is 240 g/mol. The van der Waals surface area contributed by atoms with Gasteiger partial charge in [-0.3, -0.25) is 0 Å². The molecule has 0 aliphatic carbocycles. The molecule has 0 aliphatic heterocycles. The molecular weight excluding hydrogens is 220 g/mol. The third-order valence-electron chi connectivity index (χ3n) is 2.48. The predicted molar refractivity (Wildman–Crippen MR) is 70.4 cm³/mol. The van der Waals surface area contributed by atoms with Crippen molar-refractivity contribution in [2.24, 2.45) is 5.92 Å². The molecule has 1 unspecified atom stereocenters. The zero-order valence-corrected chi connectivity index (χ0v) is 11.3. The Morgan fingerprint density at radius 1 is 1.31 bits per heavy atom. The van der Waals surface area contributed by atoms with Crippen LogP contribution in [0.1, 0.15) is 43.7 Å². The van der Waals surface area contributed by atoms with Gasteiger partial charge in [-0.1, -0.05) is 31.5 Å². The molecule has 1 nitrogen and oxygen atoms in total. The van der Waals surface area contributed by atoms with E-state index in [0.29, 0.717) is 12.5 Å². The number of alkyl halides is 1. The molecule has 2 heteroatoms. The number of aryl methyl sites for hydroxylation is 1. The first-order valence-corrected chi connectivity index (χ1v) is 6.35. The number of hydrogen-bond donors (Lipinski definition) is 0. The Hall–Kier alpha value is -0.690. The van der Waals surface area contributed by atoms with Gasteiger partial charge in [0.05, 0.1) is 12.0 Å². The van der Waals surface area contributed by atoms with Gasteiger partial charge in [-0.2, -0.15) is 0 Å². The minimum Gasteiger partial charge on any atom is -0.494 e.